The van der Waals surface area contributed by atoms with E-state index in [1.165, 1.54) is 6.92 Å². The second kappa shape index (κ2) is 8.08. The van der Waals surface area contributed by atoms with Gasteiger partial charge in [-0.15, -0.1) is 0 Å². The van der Waals surface area contributed by atoms with Gasteiger partial charge in [0.2, 0.25) is 5.91 Å². The highest BCUT2D eigenvalue weighted by Gasteiger charge is 2.03. The molecular formula is C18H22N2O2. The van der Waals surface area contributed by atoms with Crippen LogP contribution in [-0.4, -0.2) is 26.0 Å². The number of anilines is 1. The smallest absolute Gasteiger partial charge is 0.216 e. The van der Waals surface area contributed by atoms with Crippen molar-refractivity contribution in [2.75, 3.05) is 25.0 Å². The standard InChI is InChI=1S/C18H22N2O2/c1-15(21)19-11-12-20(2)17-9-6-10-18(13-17)22-14-16-7-4-3-5-8-16/h3-10,13H,11-12,14H2,1-2H3,(H,19,21). The number of benzene rings is 2. The van der Waals surface area contributed by atoms with E-state index < -0.39 is 0 Å². The molecule has 2 rings (SSSR count). The van der Waals surface area contributed by atoms with Crippen molar-refractivity contribution < 1.29 is 9.53 Å². The maximum atomic E-state index is 10.9. The molecule has 0 spiro atoms. The van der Waals surface area contributed by atoms with Crippen molar-refractivity contribution >= 4 is 11.6 Å². The zero-order valence-corrected chi connectivity index (χ0v) is 13.1. The number of nitrogens with one attached hydrogen (secondary N) is 1. The van der Waals surface area contributed by atoms with Gasteiger partial charge in [-0.1, -0.05) is 36.4 Å². The fourth-order valence-electron chi connectivity index (χ4n) is 2.08. The Hall–Kier alpha value is -2.49. The molecule has 1 amide bonds. The second-order valence-electron chi connectivity index (χ2n) is 5.18. The quantitative estimate of drug-likeness (QED) is 0.854. The first-order chi connectivity index (χ1) is 10.6. The monoisotopic (exact) mass is 298 g/mol. The van der Waals surface area contributed by atoms with E-state index in [9.17, 15) is 4.79 Å². The summed E-state index contributed by atoms with van der Waals surface area (Å²) in [5.41, 5.74) is 2.21. The number of hydrogen-bond donors (Lipinski definition) is 1. The van der Waals surface area contributed by atoms with Crippen LogP contribution < -0.4 is 15.0 Å². The largest absolute Gasteiger partial charge is 0.489 e. The van der Waals surface area contributed by atoms with Crippen molar-refractivity contribution in [3.63, 3.8) is 0 Å². The lowest BCUT2D eigenvalue weighted by molar-refractivity contribution is -0.118. The molecule has 0 fully saturated rings. The van der Waals surface area contributed by atoms with E-state index in [2.05, 4.69) is 10.2 Å². The summed E-state index contributed by atoms with van der Waals surface area (Å²) < 4.78 is 5.83. The lowest BCUT2D eigenvalue weighted by Crippen LogP contribution is -2.31. The summed E-state index contributed by atoms with van der Waals surface area (Å²) in [6.45, 7) is 3.46. The van der Waals surface area contributed by atoms with Gasteiger partial charge in [0.25, 0.3) is 0 Å². The predicted octanol–water partition coefficient (Wildman–Crippen LogP) is 2.84. The highest BCUT2D eigenvalue weighted by atomic mass is 16.5. The Labute approximate surface area is 131 Å². The van der Waals surface area contributed by atoms with Crippen LogP contribution in [0.25, 0.3) is 0 Å². The van der Waals surface area contributed by atoms with Gasteiger partial charge >= 0.3 is 0 Å². The fourth-order valence-corrected chi connectivity index (χ4v) is 2.08. The van der Waals surface area contributed by atoms with Gasteiger partial charge in [-0.3, -0.25) is 4.79 Å². The van der Waals surface area contributed by atoms with E-state index in [4.69, 9.17) is 4.74 Å². The summed E-state index contributed by atoms with van der Waals surface area (Å²) in [4.78, 5) is 13.0. The first-order valence-corrected chi connectivity index (χ1v) is 7.37. The maximum absolute atomic E-state index is 10.9. The van der Waals surface area contributed by atoms with Crippen LogP contribution in [0.5, 0.6) is 5.75 Å². The summed E-state index contributed by atoms with van der Waals surface area (Å²) >= 11 is 0. The molecule has 22 heavy (non-hydrogen) atoms. The second-order valence-corrected chi connectivity index (χ2v) is 5.18. The van der Waals surface area contributed by atoms with Gasteiger partial charge in [-0.2, -0.15) is 0 Å². The molecule has 0 bridgehead atoms. The molecule has 0 aromatic heterocycles. The normalized spacial score (nSPS) is 10.1. The number of likely N-dealkylation sites (N-methyl/N-ethyl adjacent to an activating group) is 1. The van der Waals surface area contributed by atoms with Crippen LogP contribution in [0, 0.1) is 0 Å². The highest BCUT2D eigenvalue weighted by Crippen LogP contribution is 2.21. The zero-order chi connectivity index (χ0) is 15.8. The predicted molar refractivity (Wildman–Crippen MR) is 89.2 cm³/mol. The molecule has 1 N–H and O–H groups in total. The molecule has 2 aromatic carbocycles. The summed E-state index contributed by atoms with van der Waals surface area (Å²) in [5.74, 6) is 0.834. The van der Waals surface area contributed by atoms with Crippen LogP contribution in [0.2, 0.25) is 0 Å². The number of nitrogens with zero attached hydrogens (tertiary/aromatic N) is 1. The van der Waals surface area contributed by atoms with E-state index in [-0.39, 0.29) is 5.91 Å². The Morgan fingerprint density at radius 3 is 2.64 bits per heavy atom. The molecular weight excluding hydrogens is 276 g/mol. The van der Waals surface area contributed by atoms with Crippen LogP contribution in [0.3, 0.4) is 0 Å². The number of carbonyl (C=O) groups excluding carboxylic acids is 1. The van der Waals surface area contributed by atoms with Crippen molar-refractivity contribution in [2.45, 2.75) is 13.5 Å². The van der Waals surface area contributed by atoms with Crippen molar-refractivity contribution in [1.82, 2.24) is 5.32 Å². The summed E-state index contributed by atoms with van der Waals surface area (Å²) in [6, 6.07) is 18.1. The molecule has 0 aliphatic carbocycles. The van der Waals surface area contributed by atoms with Gasteiger partial charge in [-0.05, 0) is 17.7 Å². The molecule has 0 radical (unpaired) electrons. The average Bonchev–Trinajstić information content (AvgIpc) is 2.54. The Kier molecular flexibility index (Phi) is 5.83. The highest BCUT2D eigenvalue weighted by molar-refractivity contribution is 5.72. The third kappa shape index (κ3) is 5.13. The van der Waals surface area contributed by atoms with Gasteiger partial charge in [0, 0.05) is 38.8 Å². The van der Waals surface area contributed by atoms with E-state index in [1.807, 2.05) is 61.6 Å². The van der Waals surface area contributed by atoms with Gasteiger partial charge in [-0.25, -0.2) is 0 Å². The van der Waals surface area contributed by atoms with E-state index in [0.717, 1.165) is 23.5 Å². The molecule has 4 heteroatoms. The van der Waals surface area contributed by atoms with E-state index in [0.29, 0.717) is 13.2 Å². The Balaban J connectivity index is 1.90. The lowest BCUT2D eigenvalue weighted by atomic mass is 10.2. The Morgan fingerprint density at radius 1 is 1.14 bits per heavy atom. The molecule has 116 valence electrons. The molecule has 0 aliphatic rings. The summed E-state index contributed by atoms with van der Waals surface area (Å²) in [6.07, 6.45) is 0. The van der Waals surface area contributed by atoms with Gasteiger partial charge in [0.15, 0.2) is 0 Å². The molecule has 0 heterocycles. The van der Waals surface area contributed by atoms with Crippen LogP contribution in [0.15, 0.2) is 54.6 Å². The number of amides is 1. The molecule has 4 nitrogen and oxygen atoms in total. The van der Waals surface area contributed by atoms with Crippen molar-refractivity contribution in [3.05, 3.63) is 60.2 Å². The molecule has 0 saturated heterocycles. The van der Waals surface area contributed by atoms with Crippen LogP contribution in [0.4, 0.5) is 5.69 Å². The van der Waals surface area contributed by atoms with Crippen LogP contribution >= 0.6 is 0 Å². The third-order valence-corrected chi connectivity index (χ3v) is 3.33. The number of hydrogen-bond acceptors (Lipinski definition) is 3. The maximum Gasteiger partial charge on any atom is 0.216 e. The number of rotatable bonds is 7. The van der Waals surface area contributed by atoms with Crippen molar-refractivity contribution in [3.8, 4) is 5.75 Å². The van der Waals surface area contributed by atoms with E-state index >= 15 is 0 Å². The molecule has 0 unspecified atom stereocenters. The third-order valence-electron chi connectivity index (χ3n) is 3.33. The van der Waals surface area contributed by atoms with Gasteiger partial charge < -0.3 is 15.0 Å². The fraction of sp³-hybridized carbons (Fsp3) is 0.278. The van der Waals surface area contributed by atoms with Gasteiger partial charge in [0.05, 0.1) is 0 Å². The number of carbonyl (C=O) groups is 1. The lowest BCUT2D eigenvalue weighted by Gasteiger charge is -2.20. The van der Waals surface area contributed by atoms with Crippen molar-refractivity contribution in [1.29, 1.82) is 0 Å². The summed E-state index contributed by atoms with van der Waals surface area (Å²) in [7, 11) is 2.00. The Bertz CT molecular complexity index is 599. The van der Waals surface area contributed by atoms with Crippen molar-refractivity contribution in [2.24, 2.45) is 0 Å². The molecule has 2 aromatic rings. The summed E-state index contributed by atoms with van der Waals surface area (Å²) in [5, 5.41) is 2.80. The minimum Gasteiger partial charge on any atom is -0.489 e. The molecule has 0 aliphatic heterocycles. The van der Waals surface area contributed by atoms with E-state index in [1.54, 1.807) is 0 Å². The first kappa shape index (κ1) is 15.9. The zero-order valence-electron chi connectivity index (χ0n) is 13.1. The average molecular weight is 298 g/mol. The van der Waals surface area contributed by atoms with Crippen LogP contribution in [0.1, 0.15) is 12.5 Å². The van der Waals surface area contributed by atoms with Crippen LogP contribution in [-0.2, 0) is 11.4 Å². The Morgan fingerprint density at radius 2 is 1.91 bits per heavy atom. The minimum atomic E-state index is -0.00616. The molecule has 0 atom stereocenters. The molecule has 0 saturated carbocycles. The number of ether oxygens (including phenoxy) is 1. The first-order valence-electron chi connectivity index (χ1n) is 7.37. The minimum absolute atomic E-state index is 0.00616. The van der Waals surface area contributed by atoms with Gasteiger partial charge in [0.1, 0.15) is 12.4 Å². The topological polar surface area (TPSA) is 41.6 Å². The SMILES string of the molecule is CC(=O)NCCN(C)c1cccc(OCc2ccccc2)c1.